The summed E-state index contributed by atoms with van der Waals surface area (Å²) in [6.07, 6.45) is 0. The van der Waals surface area contributed by atoms with Gasteiger partial charge in [-0.15, -0.1) is 0 Å². The summed E-state index contributed by atoms with van der Waals surface area (Å²) in [6.45, 7) is 0. The molecule has 3 aromatic carbocycles. The number of hydrogen-bond donors (Lipinski definition) is 0. The molecule has 0 saturated carbocycles. The molecule has 2 heterocycles. The highest BCUT2D eigenvalue weighted by Gasteiger charge is 2.36. The summed E-state index contributed by atoms with van der Waals surface area (Å²) in [5.41, 5.74) is 1.72. The quantitative estimate of drug-likeness (QED) is 0.335. The summed E-state index contributed by atoms with van der Waals surface area (Å²) in [6, 6.07) is 12.9. The molecule has 0 spiro atoms. The summed E-state index contributed by atoms with van der Waals surface area (Å²) in [7, 11) is 0. The van der Waals surface area contributed by atoms with E-state index in [9.17, 15) is 18.4 Å². The van der Waals surface area contributed by atoms with Crippen LogP contribution in [0.5, 0.6) is 0 Å². The average molecular weight is 411 g/mol. The van der Waals surface area contributed by atoms with E-state index >= 15 is 0 Å². The van der Waals surface area contributed by atoms with Crippen LogP contribution in [0.1, 0.15) is 20.7 Å². The first-order valence-corrected chi connectivity index (χ1v) is 8.85. The van der Waals surface area contributed by atoms with Crippen LogP contribution in [0.25, 0.3) is 22.6 Å². The number of carbonyl (C=O) groups is 2. The lowest BCUT2D eigenvalue weighted by molar-refractivity contribution is 0.0926. The highest BCUT2D eigenvalue weighted by molar-refractivity contribution is 6.34. The number of amides is 2. The van der Waals surface area contributed by atoms with Crippen molar-refractivity contribution in [3.05, 3.63) is 82.4 Å². The van der Waals surface area contributed by atoms with Crippen LogP contribution in [0.15, 0.2) is 59.0 Å². The van der Waals surface area contributed by atoms with Crippen molar-refractivity contribution in [2.75, 3.05) is 4.90 Å². The van der Waals surface area contributed by atoms with E-state index in [0.29, 0.717) is 27.9 Å². The second-order valence-electron chi connectivity index (χ2n) is 6.41. The summed E-state index contributed by atoms with van der Waals surface area (Å²) in [5, 5.41) is -0.0592. The van der Waals surface area contributed by atoms with E-state index in [4.69, 9.17) is 16.0 Å². The zero-order chi connectivity index (χ0) is 20.3. The van der Waals surface area contributed by atoms with Crippen molar-refractivity contribution in [2.45, 2.75) is 0 Å². The van der Waals surface area contributed by atoms with E-state index in [2.05, 4.69) is 4.98 Å². The topological polar surface area (TPSA) is 63.4 Å². The van der Waals surface area contributed by atoms with E-state index < -0.39 is 23.4 Å². The van der Waals surface area contributed by atoms with Crippen molar-refractivity contribution in [3.8, 4) is 11.5 Å². The first-order chi connectivity index (χ1) is 13.9. The van der Waals surface area contributed by atoms with E-state index in [1.165, 1.54) is 6.07 Å². The second kappa shape index (κ2) is 6.22. The maximum Gasteiger partial charge on any atom is 0.266 e. The van der Waals surface area contributed by atoms with Gasteiger partial charge in [0.15, 0.2) is 17.2 Å². The summed E-state index contributed by atoms with van der Waals surface area (Å²) in [4.78, 5) is 30.6. The lowest BCUT2D eigenvalue weighted by atomic mass is 10.1. The highest BCUT2D eigenvalue weighted by Crippen LogP contribution is 2.34. The SMILES string of the molecule is O=C1c2ccccc2C(=O)N1c1ccc2oc(-c3cc(F)c(F)cc3Cl)nc2c1. The van der Waals surface area contributed by atoms with Gasteiger partial charge in [0.2, 0.25) is 5.89 Å². The molecule has 0 N–H and O–H groups in total. The molecule has 5 rings (SSSR count). The number of carbonyl (C=O) groups excluding carboxylic acids is 2. The number of fused-ring (bicyclic) bond motifs is 2. The molecule has 0 fully saturated rings. The van der Waals surface area contributed by atoms with Crippen molar-refractivity contribution in [2.24, 2.45) is 0 Å². The Morgan fingerprint density at radius 2 is 1.52 bits per heavy atom. The van der Waals surface area contributed by atoms with Crippen molar-refractivity contribution < 1.29 is 22.8 Å². The number of hydrogen-bond acceptors (Lipinski definition) is 4. The number of imide groups is 1. The Bertz CT molecular complexity index is 1310. The van der Waals surface area contributed by atoms with E-state index in [1.54, 1.807) is 36.4 Å². The average Bonchev–Trinajstić information content (AvgIpc) is 3.23. The largest absolute Gasteiger partial charge is 0.436 e. The second-order valence-corrected chi connectivity index (χ2v) is 6.82. The molecule has 0 unspecified atom stereocenters. The third kappa shape index (κ3) is 2.62. The van der Waals surface area contributed by atoms with E-state index in [0.717, 1.165) is 17.0 Å². The Kier molecular flexibility index (Phi) is 3.75. The molecular weight excluding hydrogens is 402 g/mol. The van der Waals surface area contributed by atoms with E-state index in [1.807, 2.05) is 0 Å². The van der Waals surface area contributed by atoms with Gasteiger partial charge in [-0.05, 0) is 42.5 Å². The van der Waals surface area contributed by atoms with Gasteiger partial charge in [-0.3, -0.25) is 9.59 Å². The molecule has 4 aromatic rings. The molecule has 142 valence electrons. The van der Waals surface area contributed by atoms with Gasteiger partial charge in [-0.2, -0.15) is 0 Å². The molecule has 1 aliphatic rings. The number of oxazole rings is 1. The van der Waals surface area contributed by atoms with Gasteiger partial charge in [0.05, 0.1) is 27.4 Å². The van der Waals surface area contributed by atoms with Gasteiger partial charge in [0.25, 0.3) is 11.8 Å². The molecule has 0 saturated heterocycles. The fraction of sp³-hybridized carbons (Fsp3) is 0. The number of rotatable bonds is 2. The predicted molar refractivity (Wildman–Crippen MR) is 102 cm³/mol. The van der Waals surface area contributed by atoms with Crippen LogP contribution >= 0.6 is 11.6 Å². The van der Waals surface area contributed by atoms with Crippen LogP contribution in [-0.4, -0.2) is 16.8 Å². The van der Waals surface area contributed by atoms with Crippen LogP contribution in [0.3, 0.4) is 0 Å². The van der Waals surface area contributed by atoms with Crippen molar-refractivity contribution >= 4 is 40.2 Å². The normalized spacial score (nSPS) is 13.4. The first kappa shape index (κ1) is 17.5. The lowest BCUT2D eigenvalue weighted by Crippen LogP contribution is -2.29. The number of halogens is 3. The maximum absolute atomic E-state index is 13.6. The molecule has 1 aliphatic heterocycles. The van der Waals surface area contributed by atoms with Gasteiger partial charge >= 0.3 is 0 Å². The molecule has 29 heavy (non-hydrogen) atoms. The molecular formula is C21H9ClF2N2O3. The zero-order valence-corrected chi connectivity index (χ0v) is 15.2. The minimum absolute atomic E-state index is 0.0107. The Hall–Kier alpha value is -3.58. The summed E-state index contributed by atoms with van der Waals surface area (Å²) < 4.78 is 32.5. The van der Waals surface area contributed by atoms with Crippen molar-refractivity contribution in [1.29, 1.82) is 0 Å². The van der Waals surface area contributed by atoms with Crippen LogP contribution in [0.2, 0.25) is 5.02 Å². The molecule has 0 aliphatic carbocycles. The Balaban J connectivity index is 1.59. The van der Waals surface area contributed by atoms with E-state index in [-0.39, 0.29) is 16.5 Å². The Morgan fingerprint density at radius 3 is 2.21 bits per heavy atom. The molecule has 1 aromatic heterocycles. The standard InChI is InChI=1S/C21H9ClF2N2O3/c22-14-9-16(24)15(23)8-13(14)19-25-17-7-10(5-6-18(17)29-19)26-20(27)11-3-1-2-4-12(11)21(26)28/h1-9H. The number of nitrogens with zero attached hydrogens (tertiary/aromatic N) is 2. The minimum Gasteiger partial charge on any atom is -0.436 e. The third-order valence-electron chi connectivity index (χ3n) is 4.66. The van der Waals surface area contributed by atoms with Crippen LogP contribution in [0, 0.1) is 11.6 Å². The van der Waals surface area contributed by atoms with Gasteiger partial charge < -0.3 is 4.42 Å². The maximum atomic E-state index is 13.6. The predicted octanol–water partition coefficient (Wildman–Crippen LogP) is 5.23. The molecule has 5 nitrogen and oxygen atoms in total. The third-order valence-corrected chi connectivity index (χ3v) is 4.98. The summed E-state index contributed by atoms with van der Waals surface area (Å²) >= 11 is 5.98. The smallest absolute Gasteiger partial charge is 0.266 e. The van der Waals surface area contributed by atoms with Crippen LogP contribution in [0.4, 0.5) is 14.5 Å². The monoisotopic (exact) mass is 410 g/mol. The minimum atomic E-state index is -1.08. The molecule has 0 bridgehead atoms. The Morgan fingerprint density at radius 1 is 0.862 bits per heavy atom. The highest BCUT2D eigenvalue weighted by atomic mass is 35.5. The van der Waals surface area contributed by atoms with Crippen LogP contribution < -0.4 is 4.90 Å². The summed E-state index contributed by atoms with van der Waals surface area (Å²) in [5.74, 6) is -3.04. The van der Waals surface area contributed by atoms with Gasteiger partial charge in [0, 0.05) is 0 Å². The van der Waals surface area contributed by atoms with Gasteiger partial charge in [-0.25, -0.2) is 18.7 Å². The zero-order valence-electron chi connectivity index (χ0n) is 14.4. The van der Waals surface area contributed by atoms with Crippen molar-refractivity contribution in [3.63, 3.8) is 0 Å². The fourth-order valence-corrected chi connectivity index (χ4v) is 3.51. The molecule has 2 amide bonds. The van der Waals surface area contributed by atoms with Crippen LogP contribution in [-0.2, 0) is 0 Å². The molecule has 0 radical (unpaired) electrons. The molecule has 8 heteroatoms. The number of anilines is 1. The van der Waals surface area contributed by atoms with Crippen molar-refractivity contribution in [1.82, 2.24) is 4.98 Å². The lowest BCUT2D eigenvalue weighted by Gasteiger charge is -2.13. The first-order valence-electron chi connectivity index (χ1n) is 8.47. The molecule has 0 atom stereocenters. The fourth-order valence-electron chi connectivity index (χ4n) is 3.28. The number of aromatic nitrogens is 1. The van der Waals surface area contributed by atoms with Gasteiger partial charge in [0.1, 0.15) is 5.52 Å². The number of benzene rings is 3. The Labute approximate surface area is 167 Å². The van der Waals surface area contributed by atoms with Gasteiger partial charge in [-0.1, -0.05) is 23.7 Å².